The monoisotopic (exact) mass is 335 g/mol. The second-order valence-electron chi connectivity index (χ2n) is 6.04. The Morgan fingerprint density at radius 2 is 2.08 bits per heavy atom. The van der Waals surface area contributed by atoms with E-state index in [-0.39, 0.29) is 11.9 Å². The van der Waals surface area contributed by atoms with Gasteiger partial charge in [0.25, 0.3) is 0 Å². The van der Waals surface area contributed by atoms with Crippen LogP contribution >= 0.6 is 0 Å². The van der Waals surface area contributed by atoms with Crippen molar-refractivity contribution in [1.29, 1.82) is 0 Å². The van der Waals surface area contributed by atoms with E-state index >= 15 is 0 Å². The van der Waals surface area contributed by atoms with Crippen LogP contribution < -0.4 is 5.32 Å². The molecule has 2 aromatic carbocycles. The predicted molar refractivity (Wildman–Crippen MR) is 95.0 cm³/mol. The first-order chi connectivity index (χ1) is 12.2. The van der Waals surface area contributed by atoms with E-state index in [0.717, 1.165) is 22.4 Å². The molecule has 2 aromatic heterocycles. The zero-order chi connectivity index (χ0) is 17.2. The highest BCUT2D eigenvalue weighted by Crippen LogP contribution is 2.22. The first-order valence-corrected chi connectivity index (χ1v) is 8.20. The number of aromatic nitrogens is 2. The van der Waals surface area contributed by atoms with Crippen LogP contribution in [0.5, 0.6) is 0 Å². The Hall–Kier alpha value is -2.92. The highest BCUT2D eigenvalue weighted by molar-refractivity contribution is 5.77. The van der Waals surface area contributed by atoms with Crippen molar-refractivity contribution in [2.24, 2.45) is 0 Å². The summed E-state index contributed by atoms with van der Waals surface area (Å²) in [5, 5.41) is 8.49. The van der Waals surface area contributed by atoms with Gasteiger partial charge in [0.1, 0.15) is 17.2 Å². The van der Waals surface area contributed by atoms with Crippen molar-refractivity contribution >= 4 is 11.0 Å². The molecular weight excluding hydrogens is 317 g/mol. The van der Waals surface area contributed by atoms with Crippen LogP contribution in [0.15, 0.2) is 71.4 Å². The Morgan fingerprint density at radius 1 is 1.16 bits per heavy atom. The summed E-state index contributed by atoms with van der Waals surface area (Å²) >= 11 is 0. The maximum absolute atomic E-state index is 13.3. The molecule has 0 amide bonds. The second-order valence-corrected chi connectivity index (χ2v) is 6.04. The van der Waals surface area contributed by atoms with E-state index in [1.807, 2.05) is 35.1 Å². The largest absolute Gasteiger partial charge is 0.460 e. The summed E-state index contributed by atoms with van der Waals surface area (Å²) in [5.41, 5.74) is 2.89. The third-order valence-electron chi connectivity index (χ3n) is 4.25. The summed E-state index contributed by atoms with van der Waals surface area (Å²) in [4.78, 5) is 0. The minimum absolute atomic E-state index is 0.139. The summed E-state index contributed by atoms with van der Waals surface area (Å²) in [6.45, 7) is 2.67. The molecule has 0 saturated heterocycles. The fraction of sp³-hybridized carbons (Fsp3) is 0.150. The van der Waals surface area contributed by atoms with Gasteiger partial charge in [0.05, 0.1) is 12.2 Å². The highest BCUT2D eigenvalue weighted by Gasteiger charge is 2.09. The molecule has 1 unspecified atom stereocenters. The van der Waals surface area contributed by atoms with Crippen LogP contribution in [-0.2, 0) is 6.54 Å². The summed E-state index contributed by atoms with van der Waals surface area (Å²) < 4.78 is 20.9. The van der Waals surface area contributed by atoms with Crippen molar-refractivity contribution in [2.45, 2.75) is 19.5 Å². The molecule has 0 aliphatic heterocycles. The molecular formula is C20H18FN3O. The standard InChI is InChI=1S/C20H18FN3O/c1-14(15-4-2-5-18(11-15)24-9-3-8-23-24)22-13-19-12-16-10-17(21)6-7-20(16)25-19/h2-12,14,22H,13H2,1H3. The van der Waals surface area contributed by atoms with E-state index in [2.05, 4.69) is 29.5 Å². The maximum atomic E-state index is 13.3. The third-order valence-corrected chi connectivity index (χ3v) is 4.25. The Kier molecular flexibility index (Phi) is 4.07. The summed E-state index contributed by atoms with van der Waals surface area (Å²) in [6.07, 6.45) is 3.68. The fourth-order valence-electron chi connectivity index (χ4n) is 2.89. The quantitative estimate of drug-likeness (QED) is 0.579. The van der Waals surface area contributed by atoms with E-state index in [1.54, 1.807) is 12.3 Å². The minimum Gasteiger partial charge on any atom is -0.460 e. The SMILES string of the molecule is CC(NCc1cc2cc(F)ccc2o1)c1cccc(-n2cccn2)c1. The molecule has 0 spiro atoms. The number of furan rings is 1. The molecule has 4 nitrogen and oxygen atoms in total. The zero-order valence-corrected chi connectivity index (χ0v) is 13.8. The second kappa shape index (κ2) is 6.53. The Morgan fingerprint density at radius 3 is 2.92 bits per heavy atom. The van der Waals surface area contributed by atoms with Gasteiger partial charge in [-0.1, -0.05) is 12.1 Å². The van der Waals surface area contributed by atoms with Gasteiger partial charge >= 0.3 is 0 Å². The molecule has 5 heteroatoms. The van der Waals surface area contributed by atoms with Crippen LogP contribution in [0.3, 0.4) is 0 Å². The minimum atomic E-state index is -0.253. The highest BCUT2D eigenvalue weighted by atomic mass is 19.1. The zero-order valence-electron chi connectivity index (χ0n) is 13.8. The Bertz CT molecular complexity index is 991. The number of hydrogen-bond donors (Lipinski definition) is 1. The molecule has 25 heavy (non-hydrogen) atoms. The predicted octanol–water partition coefficient (Wildman–Crippen LogP) is 4.61. The molecule has 0 aliphatic rings. The molecule has 0 aliphatic carbocycles. The molecule has 4 aromatic rings. The van der Waals surface area contributed by atoms with Crippen molar-refractivity contribution in [3.05, 3.63) is 84.1 Å². The summed E-state index contributed by atoms with van der Waals surface area (Å²) in [6, 6.07) is 16.7. The Balaban J connectivity index is 1.48. The molecule has 0 fully saturated rings. The molecule has 126 valence electrons. The molecule has 0 radical (unpaired) electrons. The lowest BCUT2D eigenvalue weighted by Crippen LogP contribution is -2.18. The molecule has 4 rings (SSSR count). The van der Waals surface area contributed by atoms with E-state index in [0.29, 0.717) is 12.1 Å². The van der Waals surface area contributed by atoms with Gasteiger partial charge in [-0.15, -0.1) is 0 Å². The first-order valence-electron chi connectivity index (χ1n) is 8.20. The van der Waals surface area contributed by atoms with Crippen molar-refractivity contribution < 1.29 is 8.81 Å². The molecule has 0 saturated carbocycles. The van der Waals surface area contributed by atoms with Crippen LogP contribution in [0.2, 0.25) is 0 Å². The lowest BCUT2D eigenvalue weighted by Gasteiger charge is -2.14. The van der Waals surface area contributed by atoms with Crippen molar-refractivity contribution in [1.82, 2.24) is 15.1 Å². The van der Waals surface area contributed by atoms with Crippen LogP contribution in [0.25, 0.3) is 16.7 Å². The number of nitrogens with one attached hydrogen (secondary N) is 1. The van der Waals surface area contributed by atoms with Crippen molar-refractivity contribution in [3.8, 4) is 5.69 Å². The lowest BCUT2D eigenvalue weighted by molar-refractivity contribution is 0.482. The van der Waals surface area contributed by atoms with E-state index in [9.17, 15) is 4.39 Å². The van der Waals surface area contributed by atoms with Gasteiger partial charge in [0, 0.05) is 23.8 Å². The number of hydrogen-bond acceptors (Lipinski definition) is 3. The van der Waals surface area contributed by atoms with Gasteiger partial charge in [0.2, 0.25) is 0 Å². The van der Waals surface area contributed by atoms with Gasteiger partial charge in [-0.3, -0.25) is 0 Å². The smallest absolute Gasteiger partial charge is 0.134 e. The molecule has 2 heterocycles. The summed E-state index contributed by atoms with van der Waals surface area (Å²) in [7, 11) is 0. The average Bonchev–Trinajstić information content (AvgIpc) is 3.29. The van der Waals surface area contributed by atoms with Crippen molar-refractivity contribution in [3.63, 3.8) is 0 Å². The maximum Gasteiger partial charge on any atom is 0.134 e. The topological polar surface area (TPSA) is 43.0 Å². The van der Waals surface area contributed by atoms with E-state index in [4.69, 9.17) is 4.42 Å². The van der Waals surface area contributed by atoms with Crippen LogP contribution in [0, 0.1) is 5.82 Å². The van der Waals surface area contributed by atoms with E-state index in [1.165, 1.54) is 12.1 Å². The van der Waals surface area contributed by atoms with Crippen LogP contribution in [0.1, 0.15) is 24.3 Å². The van der Waals surface area contributed by atoms with Gasteiger partial charge in [-0.05, 0) is 55.0 Å². The van der Waals surface area contributed by atoms with Gasteiger partial charge < -0.3 is 9.73 Å². The molecule has 1 atom stereocenters. The van der Waals surface area contributed by atoms with Gasteiger partial charge in [-0.2, -0.15) is 5.10 Å². The number of rotatable bonds is 5. The number of halogens is 1. The molecule has 1 N–H and O–H groups in total. The van der Waals surface area contributed by atoms with Crippen LogP contribution in [-0.4, -0.2) is 9.78 Å². The van der Waals surface area contributed by atoms with Crippen LogP contribution in [0.4, 0.5) is 4.39 Å². The average molecular weight is 335 g/mol. The lowest BCUT2D eigenvalue weighted by atomic mass is 10.1. The molecule has 0 bridgehead atoms. The number of fused-ring (bicyclic) bond motifs is 1. The van der Waals surface area contributed by atoms with Crippen molar-refractivity contribution in [2.75, 3.05) is 0 Å². The van der Waals surface area contributed by atoms with Gasteiger partial charge in [0.15, 0.2) is 0 Å². The number of nitrogens with zero attached hydrogens (tertiary/aromatic N) is 2. The van der Waals surface area contributed by atoms with E-state index < -0.39 is 0 Å². The normalized spacial score (nSPS) is 12.6. The van der Waals surface area contributed by atoms with Gasteiger partial charge in [-0.25, -0.2) is 9.07 Å². The number of benzene rings is 2. The first kappa shape index (κ1) is 15.6. The Labute approximate surface area is 144 Å². The third kappa shape index (κ3) is 3.32. The summed E-state index contributed by atoms with van der Waals surface area (Å²) in [5.74, 6) is 0.535. The fourth-order valence-corrected chi connectivity index (χ4v) is 2.89.